The van der Waals surface area contributed by atoms with Crippen LogP contribution in [0.3, 0.4) is 0 Å². The highest BCUT2D eigenvalue weighted by atomic mass is 16.6. The molecule has 1 aliphatic rings. The van der Waals surface area contributed by atoms with Crippen LogP contribution < -0.4 is 5.32 Å². The Balaban J connectivity index is 2.02. The molecule has 1 N–H and O–H groups in total. The lowest BCUT2D eigenvalue weighted by Crippen LogP contribution is -2.51. The largest absolute Gasteiger partial charge is 0.444 e. The Morgan fingerprint density at radius 1 is 1.31 bits per heavy atom. The third kappa shape index (κ3) is 6.65. The molecule has 1 saturated heterocycles. The Morgan fingerprint density at radius 3 is 2.58 bits per heavy atom. The van der Waals surface area contributed by atoms with Crippen LogP contribution in [0.25, 0.3) is 0 Å². The van der Waals surface area contributed by atoms with Crippen molar-refractivity contribution in [3.63, 3.8) is 0 Å². The fourth-order valence-corrected chi connectivity index (χ4v) is 2.99. The summed E-state index contributed by atoms with van der Waals surface area (Å²) in [5, 5.41) is 2.77. The van der Waals surface area contributed by atoms with Crippen LogP contribution in [0.1, 0.15) is 52.7 Å². The van der Waals surface area contributed by atoms with Gasteiger partial charge in [-0.15, -0.1) is 0 Å². The lowest BCUT2D eigenvalue weighted by molar-refractivity contribution is -0.135. The molecule has 1 aliphatic heterocycles. The summed E-state index contributed by atoms with van der Waals surface area (Å²) in [5.74, 6) is 0.614. The Bertz CT molecular complexity index is 590. The van der Waals surface area contributed by atoms with E-state index in [0.717, 1.165) is 31.6 Å². The number of aromatic nitrogens is 1. The van der Waals surface area contributed by atoms with Crippen molar-refractivity contribution >= 4 is 12.0 Å². The van der Waals surface area contributed by atoms with Gasteiger partial charge in [0.2, 0.25) is 5.91 Å². The molecule has 0 aromatic carbocycles. The molecule has 144 valence electrons. The predicted octanol–water partition coefficient (Wildman–Crippen LogP) is 3.17. The van der Waals surface area contributed by atoms with Crippen molar-refractivity contribution in [2.45, 2.75) is 65.0 Å². The van der Waals surface area contributed by atoms with E-state index in [1.165, 1.54) is 0 Å². The maximum absolute atomic E-state index is 13.0. The Hall–Kier alpha value is -2.11. The van der Waals surface area contributed by atoms with Crippen molar-refractivity contribution in [2.24, 2.45) is 5.92 Å². The van der Waals surface area contributed by atoms with Gasteiger partial charge in [0, 0.05) is 25.0 Å². The second kappa shape index (κ2) is 9.01. The second-order valence-electron chi connectivity index (χ2n) is 8.07. The summed E-state index contributed by atoms with van der Waals surface area (Å²) in [4.78, 5) is 31.3. The van der Waals surface area contributed by atoms with Crippen LogP contribution >= 0.6 is 0 Å². The Kier molecular flexibility index (Phi) is 7.00. The average molecular weight is 361 g/mol. The monoisotopic (exact) mass is 361 g/mol. The number of carbonyl (C=O) groups is 2. The van der Waals surface area contributed by atoms with Crippen LogP contribution in [0.15, 0.2) is 24.4 Å². The third-order valence-electron chi connectivity index (χ3n) is 4.50. The van der Waals surface area contributed by atoms with Crippen molar-refractivity contribution in [1.82, 2.24) is 15.2 Å². The number of rotatable bonds is 5. The number of hydrogen-bond acceptors (Lipinski definition) is 4. The molecule has 6 heteroatoms. The minimum atomic E-state index is -0.598. The van der Waals surface area contributed by atoms with E-state index in [1.54, 1.807) is 6.20 Å². The van der Waals surface area contributed by atoms with Gasteiger partial charge in [-0.3, -0.25) is 9.78 Å². The van der Waals surface area contributed by atoms with Gasteiger partial charge >= 0.3 is 6.09 Å². The van der Waals surface area contributed by atoms with Gasteiger partial charge in [0.05, 0.1) is 0 Å². The van der Waals surface area contributed by atoms with Crippen LogP contribution in [0, 0.1) is 5.92 Å². The number of likely N-dealkylation sites (tertiary alicyclic amines) is 1. The highest BCUT2D eigenvalue weighted by Crippen LogP contribution is 2.18. The first kappa shape index (κ1) is 20.2. The van der Waals surface area contributed by atoms with Gasteiger partial charge in [-0.2, -0.15) is 0 Å². The molecule has 2 rings (SSSR count). The molecule has 26 heavy (non-hydrogen) atoms. The maximum Gasteiger partial charge on any atom is 0.408 e. The van der Waals surface area contributed by atoms with Crippen LogP contribution in [0.5, 0.6) is 0 Å². The summed E-state index contributed by atoms with van der Waals surface area (Å²) in [6.45, 7) is 9.13. The van der Waals surface area contributed by atoms with Crippen molar-refractivity contribution in [3.8, 4) is 0 Å². The van der Waals surface area contributed by atoms with Gasteiger partial charge in [-0.05, 0) is 64.5 Å². The Labute approximate surface area is 156 Å². The van der Waals surface area contributed by atoms with E-state index in [-0.39, 0.29) is 5.91 Å². The summed E-state index contributed by atoms with van der Waals surface area (Å²) in [6.07, 6.45) is 4.32. The predicted molar refractivity (Wildman–Crippen MR) is 101 cm³/mol. The molecule has 2 heterocycles. The zero-order valence-corrected chi connectivity index (χ0v) is 16.3. The van der Waals surface area contributed by atoms with Gasteiger partial charge in [-0.25, -0.2) is 4.79 Å². The highest BCUT2D eigenvalue weighted by Gasteiger charge is 2.29. The summed E-state index contributed by atoms with van der Waals surface area (Å²) < 4.78 is 5.34. The van der Waals surface area contributed by atoms with E-state index in [2.05, 4.69) is 17.2 Å². The van der Waals surface area contributed by atoms with Crippen LogP contribution in [0.4, 0.5) is 4.79 Å². The van der Waals surface area contributed by atoms with Crippen molar-refractivity contribution in [1.29, 1.82) is 0 Å². The average Bonchev–Trinajstić information content (AvgIpc) is 2.58. The molecule has 1 fully saturated rings. The Morgan fingerprint density at radius 2 is 2.00 bits per heavy atom. The van der Waals surface area contributed by atoms with Crippen molar-refractivity contribution < 1.29 is 14.3 Å². The van der Waals surface area contributed by atoms with Gasteiger partial charge in [0.1, 0.15) is 11.6 Å². The lowest BCUT2D eigenvalue weighted by atomic mass is 9.98. The summed E-state index contributed by atoms with van der Waals surface area (Å²) in [7, 11) is 0. The summed E-state index contributed by atoms with van der Waals surface area (Å²) >= 11 is 0. The number of pyridine rings is 1. The zero-order chi connectivity index (χ0) is 19.2. The molecule has 1 aromatic rings. The van der Waals surface area contributed by atoms with Gasteiger partial charge in [0.25, 0.3) is 0 Å². The molecule has 0 saturated carbocycles. The molecule has 0 spiro atoms. The second-order valence-corrected chi connectivity index (χ2v) is 8.07. The van der Waals surface area contributed by atoms with Crippen LogP contribution in [-0.4, -0.2) is 46.6 Å². The molecule has 1 unspecified atom stereocenters. The number of carbonyl (C=O) groups excluding carboxylic acids is 2. The highest BCUT2D eigenvalue weighted by molar-refractivity contribution is 5.85. The molecule has 0 aliphatic carbocycles. The van der Waals surface area contributed by atoms with E-state index in [4.69, 9.17) is 4.74 Å². The van der Waals surface area contributed by atoms with Crippen molar-refractivity contribution in [2.75, 3.05) is 13.1 Å². The number of nitrogens with zero attached hydrogens (tertiary/aromatic N) is 2. The van der Waals surface area contributed by atoms with Crippen LogP contribution in [0.2, 0.25) is 0 Å². The standard InChI is InChI=1S/C20H31N3O3/c1-15-10-13-23(14-11-15)18(24)17(22-19(25)26-20(2,3)4)9-8-16-7-5-6-12-21-16/h5-7,12,15,17H,8-11,13-14H2,1-4H3,(H,22,25). The van der Waals surface area contributed by atoms with Gasteiger partial charge < -0.3 is 15.0 Å². The number of aryl methyl sites for hydroxylation is 1. The quantitative estimate of drug-likeness (QED) is 0.874. The fraction of sp³-hybridized carbons (Fsp3) is 0.650. The summed E-state index contributed by atoms with van der Waals surface area (Å²) in [5.41, 5.74) is 0.308. The smallest absolute Gasteiger partial charge is 0.408 e. The molecular formula is C20H31N3O3. The molecule has 2 amide bonds. The van der Waals surface area contributed by atoms with Crippen molar-refractivity contribution in [3.05, 3.63) is 30.1 Å². The molecule has 1 aromatic heterocycles. The number of amides is 2. The zero-order valence-electron chi connectivity index (χ0n) is 16.3. The number of hydrogen-bond donors (Lipinski definition) is 1. The minimum Gasteiger partial charge on any atom is -0.444 e. The van der Waals surface area contributed by atoms with E-state index in [1.807, 2.05) is 43.9 Å². The van der Waals surface area contributed by atoms with Crippen LogP contribution in [-0.2, 0) is 16.0 Å². The lowest BCUT2D eigenvalue weighted by Gasteiger charge is -2.33. The van der Waals surface area contributed by atoms with Gasteiger partial charge in [-0.1, -0.05) is 13.0 Å². The first-order valence-electron chi connectivity index (χ1n) is 9.43. The topological polar surface area (TPSA) is 71.5 Å². The fourth-order valence-electron chi connectivity index (χ4n) is 2.99. The minimum absolute atomic E-state index is 0.0290. The SMILES string of the molecule is CC1CCN(C(=O)C(CCc2ccccn2)NC(=O)OC(C)(C)C)CC1. The first-order valence-corrected chi connectivity index (χ1v) is 9.43. The first-order chi connectivity index (χ1) is 12.2. The van der Waals surface area contributed by atoms with E-state index < -0.39 is 17.7 Å². The molecule has 0 radical (unpaired) electrons. The molecule has 0 bridgehead atoms. The molecular weight excluding hydrogens is 330 g/mol. The van der Waals surface area contributed by atoms with E-state index >= 15 is 0 Å². The molecule has 1 atom stereocenters. The van der Waals surface area contributed by atoms with E-state index in [9.17, 15) is 9.59 Å². The number of piperidine rings is 1. The van der Waals surface area contributed by atoms with E-state index in [0.29, 0.717) is 18.8 Å². The maximum atomic E-state index is 13.0. The normalized spacial score (nSPS) is 16.8. The number of alkyl carbamates (subject to hydrolysis) is 1. The number of ether oxygens (including phenoxy) is 1. The number of nitrogens with one attached hydrogen (secondary N) is 1. The summed E-state index contributed by atoms with van der Waals surface area (Å²) in [6, 6.07) is 5.12. The third-order valence-corrected chi connectivity index (χ3v) is 4.50. The van der Waals surface area contributed by atoms with Gasteiger partial charge in [0.15, 0.2) is 0 Å². The molecule has 6 nitrogen and oxygen atoms in total.